The van der Waals surface area contributed by atoms with Gasteiger partial charge in [0.2, 0.25) is 9.84 Å². The second-order valence-corrected chi connectivity index (χ2v) is 7.07. The topological polar surface area (TPSA) is 62.8 Å². The van der Waals surface area contributed by atoms with Gasteiger partial charge in [-0.3, -0.25) is 0 Å². The smallest absolute Gasteiger partial charge is 0.207 e. The van der Waals surface area contributed by atoms with Gasteiger partial charge >= 0.3 is 0 Å². The van der Waals surface area contributed by atoms with Crippen LogP contribution in [0.1, 0.15) is 0 Å². The minimum absolute atomic E-state index is 0.286. The van der Waals surface area contributed by atoms with Gasteiger partial charge in [0.15, 0.2) is 0 Å². The number of sulfone groups is 1. The summed E-state index contributed by atoms with van der Waals surface area (Å²) in [7, 11) is -3.52. The molecule has 0 aliphatic rings. The van der Waals surface area contributed by atoms with Gasteiger partial charge in [0, 0.05) is 16.0 Å². The summed E-state index contributed by atoms with van der Waals surface area (Å²) in [4.78, 5) is 7.69. The molecule has 0 spiro atoms. The number of hydrogen-bond acceptors (Lipinski definition) is 3. The monoisotopic (exact) mass is 384 g/mol. The number of aromatic amines is 1. The third-order valence-electron chi connectivity index (χ3n) is 2.83. The number of halogens is 1. The molecule has 0 radical (unpaired) electrons. The Hall–Kier alpha value is -1.41. The molecule has 2 heterocycles. The molecule has 96 valence electrons. The van der Waals surface area contributed by atoms with Crippen LogP contribution in [0, 0.1) is 3.57 Å². The van der Waals surface area contributed by atoms with Crippen molar-refractivity contribution in [3.05, 3.63) is 52.4 Å². The number of nitrogens with zero attached hydrogens (tertiary/aromatic N) is 1. The zero-order valence-electron chi connectivity index (χ0n) is 9.67. The molecule has 3 aromatic rings. The van der Waals surface area contributed by atoms with Crippen molar-refractivity contribution in [2.24, 2.45) is 0 Å². The third-order valence-corrected chi connectivity index (χ3v) is 5.49. The van der Waals surface area contributed by atoms with Gasteiger partial charge in [0.1, 0.15) is 5.65 Å². The number of H-pyrrole nitrogens is 1. The van der Waals surface area contributed by atoms with Crippen molar-refractivity contribution in [1.29, 1.82) is 0 Å². The maximum absolute atomic E-state index is 12.7. The molecule has 0 atom stereocenters. The molecule has 19 heavy (non-hydrogen) atoms. The van der Waals surface area contributed by atoms with E-state index in [1.807, 2.05) is 0 Å². The number of hydrogen-bond donors (Lipinski definition) is 1. The first-order valence-electron chi connectivity index (χ1n) is 5.52. The van der Waals surface area contributed by atoms with E-state index >= 15 is 0 Å². The highest BCUT2D eigenvalue weighted by Gasteiger charge is 2.22. The van der Waals surface area contributed by atoms with E-state index in [2.05, 4.69) is 32.6 Å². The minimum Gasteiger partial charge on any atom is -0.345 e. The van der Waals surface area contributed by atoms with Crippen molar-refractivity contribution >= 4 is 43.5 Å². The Morgan fingerprint density at radius 1 is 1.11 bits per heavy atom. The molecule has 1 aromatic carbocycles. The first kappa shape index (κ1) is 12.6. The van der Waals surface area contributed by atoms with E-state index < -0.39 is 9.84 Å². The summed E-state index contributed by atoms with van der Waals surface area (Å²) in [6.45, 7) is 0. The quantitative estimate of drug-likeness (QED) is 0.691. The summed E-state index contributed by atoms with van der Waals surface area (Å²) in [6, 6.07) is 9.96. The van der Waals surface area contributed by atoms with E-state index in [-0.39, 0.29) is 4.90 Å². The summed E-state index contributed by atoms with van der Waals surface area (Å²) in [5.74, 6) is 0. The zero-order valence-corrected chi connectivity index (χ0v) is 12.6. The van der Waals surface area contributed by atoms with Crippen molar-refractivity contribution in [3.63, 3.8) is 0 Å². The van der Waals surface area contributed by atoms with E-state index in [0.717, 1.165) is 3.57 Å². The van der Waals surface area contributed by atoms with Crippen molar-refractivity contribution in [2.75, 3.05) is 0 Å². The number of nitrogens with one attached hydrogen (secondary N) is 1. The predicted molar refractivity (Wildman–Crippen MR) is 80.7 cm³/mol. The first-order chi connectivity index (χ1) is 9.10. The van der Waals surface area contributed by atoms with Crippen LogP contribution in [0.15, 0.2) is 58.6 Å². The second kappa shape index (κ2) is 4.61. The third kappa shape index (κ3) is 2.04. The number of fused-ring (bicyclic) bond motifs is 1. The van der Waals surface area contributed by atoms with Gasteiger partial charge < -0.3 is 4.98 Å². The Balaban J connectivity index is 2.34. The van der Waals surface area contributed by atoms with E-state index in [1.165, 1.54) is 6.20 Å². The predicted octanol–water partition coefficient (Wildman–Crippen LogP) is 3.00. The summed E-state index contributed by atoms with van der Waals surface area (Å²) in [5, 5.41) is 0.645. The Labute approximate surface area is 123 Å². The highest BCUT2D eigenvalue weighted by Crippen LogP contribution is 2.29. The number of rotatable bonds is 2. The Bertz CT molecular complexity index is 841. The Morgan fingerprint density at radius 2 is 1.84 bits per heavy atom. The van der Waals surface area contributed by atoms with Crippen molar-refractivity contribution in [3.8, 4) is 0 Å². The average Bonchev–Trinajstić information content (AvgIpc) is 2.82. The van der Waals surface area contributed by atoms with Crippen LogP contribution in [0.3, 0.4) is 0 Å². The average molecular weight is 384 g/mol. The number of aromatic nitrogens is 2. The molecule has 0 amide bonds. The highest BCUT2D eigenvalue weighted by atomic mass is 127. The van der Waals surface area contributed by atoms with Crippen molar-refractivity contribution < 1.29 is 8.42 Å². The van der Waals surface area contributed by atoms with Gasteiger partial charge in [-0.15, -0.1) is 0 Å². The van der Waals surface area contributed by atoms with Gasteiger partial charge in [0.05, 0.1) is 15.2 Å². The van der Waals surface area contributed by atoms with Crippen molar-refractivity contribution in [1.82, 2.24) is 9.97 Å². The summed E-state index contributed by atoms with van der Waals surface area (Å²) in [6.07, 6.45) is 3.26. The molecule has 6 heteroatoms. The molecule has 0 saturated heterocycles. The minimum atomic E-state index is -3.52. The Kier molecular flexibility index (Phi) is 3.06. The standard InChI is InChI=1S/C13H9IN2O2S/c14-10-8-16-13-12(10)11(6-7-15-13)19(17,18)9-4-2-1-3-5-9/h1-8H,(H,15,16). The lowest BCUT2D eigenvalue weighted by molar-refractivity contribution is 0.597. The van der Waals surface area contributed by atoms with Crippen LogP contribution >= 0.6 is 22.6 Å². The van der Waals surface area contributed by atoms with E-state index in [1.54, 1.807) is 42.6 Å². The van der Waals surface area contributed by atoms with Gasteiger partial charge in [-0.1, -0.05) is 18.2 Å². The maximum atomic E-state index is 12.7. The van der Waals surface area contributed by atoms with Crippen LogP contribution < -0.4 is 0 Å². The fraction of sp³-hybridized carbons (Fsp3) is 0. The normalized spacial score (nSPS) is 11.8. The van der Waals surface area contributed by atoms with Crippen LogP contribution in [0.2, 0.25) is 0 Å². The van der Waals surface area contributed by atoms with Crippen molar-refractivity contribution in [2.45, 2.75) is 9.79 Å². The molecule has 0 saturated carbocycles. The number of pyridine rings is 1. The van der Waals surface area contributed by atoms with E-state index in [4.69, 9.17) is 0 Å². The second-order valence-electron chi connectivity index (χ2n) is 3.99. The lowest BCUT2D eigenvalue weighted by Crippen LogP contribution is -2.03. The Morgan fingerprint density at radius 3 is 2.58 bits per heavy atom. The molecular formula is C13H9IN2O2S. The number of benzene rings is 1. The molecule has 0 aliphatic carbocycles. The SMILES string of the molecule is O=S(=O)(c1ccccc1)c1ccnc2[nH]cc(I)c12. The van der Waals surface area contributed by atoms with E-state index in [9.17, 15) is 8.42 Å². The highest BCUT2D eigenvalue weighted by molar-refractivity contribution is 14.1. The molecular weight excluding hydrogens is 375 g/mol. The van der Waals surface area contributed by atoms with E-state index in [0.29, 0.717) is 15.9 Å². The van der Waals surface area contributed by atoms with Gasteiger partial charge in [-0.25, -0.2) is 13.4 Å². The summed E-state index contributed by atoms with van der Waals surface area (Å²) in [5.41, 5.74) is 0.585. The van der Waals surface area contributed by atoms with Crippen LogP contribution in [0.25, 0.3) is 11.0 Å². The molecule has 2 aromatic heterocycles. The zero-order chi connectivity index (χ0) is 13.5. The maximum Gasteiger partial charge on any atom is 0.207 e. The van der Waals surface area contributed by atoms with Crippen LogP contribution in [0.4, 0.5) is 0 Å². The lowest BCUT2D eigenvalue weighted by atomic mass is 10.3. The van der Waals surface area contributed by atoms with Gasteiger partial charge in [0.25, 0.3) is 0 Å². The molecule has 0 bridgehead atoms. The summed E-state index contributed by atoms with van der Waals surface area (Å²) >= 11 is 2.10. The summed E-state index contributed by atoms with van der Waals surface area (Å²) < 4.78 is 26.1. The van der Waals surface area contributed by atoms with Crippen LogP contribution in [0.5, 0.6) is 0 Å². The molecule has 0 aliphatic heterocycles. The lowest BCUT2D eigenvalue weighted by Gasteiger charge is -2.06. The first-order valence-corrected chi connectivity index (χ1v) is 8.08. The molecule has 1 N–H and O–H groups in total. The van der Waals surface area contributed by atoms with Crippen LogP contribution in [-0.2, 0) is 9.84 Å². The fourth-order valence-corrected chi connectivity index (χ4v) is 4.31. The molecule has 0 unspecified atom stereocenters. The molecule has 0 fully saturated rings. The molecule has 4 nitrogen and oxygen atoms in total. The molecule has 3 rings (SSSR count). The van der Waals surface area contributed by atoms with Gasteiger partial charge in [-0.05, 0) is 40.8 Å². The van der Waals surface area contributed by atoms with Crippen LogP contribution in [-0.4, -0.2) is 18.4 Å². The fourth-order valence-electron chi connectivity index (χ4n) is 1.94. The largest absolute Gasteiger partial charge is 0.345 e. The van der Waals surface area contributed by atoms with Gasteiger partial charge in [-0.2, -0.15) is 0 Å².